The number of carbonyl (C=O) groups is 1. The summed E-state index contributed by atoms with van der Waals surface area (Å²) < 4.78 is 26.4. The Morgan fingerprint density at radius 2 is 1.56 bits per heavy atom. The van der Waals surface area contributed by atoms with Crippen molar-refractivity contribution in [3.05, 3.63) is 71.6 Å². The van der Waals surface area contributed by atoms with E-state index in [0.717, 1.165) is 11.3 Å². The second-order valence-electron chi connectivity index (χ2n) is 6.41. The van der Waals surface area contributed by atoms with Gasteiger partial charge in [-0.2, -0.15) is 4.31 Å². The highest BCUT2D eigenvalue weighted by Crippen LogP contribution is 2.21. The number of amides is 1. The average Bonchev–Trinajstić information content (AvgIpc) is 2.72. The summed E-state index contributed by atoms with van der Waals surface area (Å²) in [7, 11) is -3.48. The predicted molar refractivity (Wildman–Crippen MR) is 107 cm³/mol. The van der Waals surface area contributed by atoms with Crippen LogP contribution in [0.5, 0.6) is 0 Å². The van der Waals surface area contributed by atoms with Gasteiger partial charge in [-0.25, -0.2) is 8.42 Å². The van der Waals surface area contributed by atoms with Gasteiger partial charge in [0.05, 0.1) is 5.69 Å². The Hall–Kier alpha value is -2.64. The molecular formula is C20H23N3O3S. The Morgan fingerprint density at radius 3 is 2.19 bits per heavy atom. The molecule has 142 valence electrons. The summed E-state index contributed by atoms with van der Waals surface area (Å²) in [5.74, 6) is -0.318. The summed E-state index contributed by atoms with van der Waals surface area (Å²) in [5, 5.41) is 1.24. The number of anilines is 1. The van der Waals surface area contributed by atoms with Crippen molar-refractivity contribution in [2.75, 3.05) is 18.5 Å². The molecule has 1 fully saturated rings. The standard InChI is InChI=1S/C20H23N3O3S/c24-20(22-21-19-9-5-2-6-10-19)18-11-14-23(15-12-18)27(25,26)16-13-17-7-3-1-4-8-17/h1-10,13,16,18,21H,11-12,14-15H2,(H,22,24). The number of carbonyl (C=O) groups excluding carboxylic acids is 1. The fraction of sp³-hybridized carbons (Fsp3) is 0.250. The molecule has 3 rings (SSSR count). The van der Waals surface area contributed by atoms with Crippen molar-refractivity contribution in [2.24, 2.45) is 5.92 Å². The molecule has 2 aromatic rings. The third-order valence-electron chi connectivity index (χ3n) is 4.52. The number of rotatable bonds is 6. The molecule has 1 saturated heterocycles. The van der Waals surface area contributed by atoms with Crippen LogP contribution in [-0.4, -0.2) is 31.7 Å². The third kappa shape index (κ3) is 5.42. The molecule has 7 heteroatoms. The van der Waals surface area contributed by atoms with Crippen LogP contribution in [0.25, 0.3) is 6.08 Å². The minimum absolute atomic E-state index is 0.115. The van der Waals surface area contributed by atoms with Gasteiger partial charge in [-0.1, -0.05) is 48.5 Å². The van der Waals surface area contributed by atoms with Gasteiger partial charge >= 0.3 is 0 Å². The fourth-order valence-corrected chi connectivity index (χ4v) is 4.17. The molecule has 0 atom stereocenters. The van der Waals surface area contributed by atoms with Gasteiger partial charge in [0.25, 0.3) is 0 Å². The zero-order chi connectivity index (χ0) is 19.1. The smallest absolute Gasteiger partial charge is 0.241 e. The number of nitrogens with one attached hydrogen (secondary N) is 2. The fourth-order valence-electron chi connectivity index (χ4n) is 2.94. The van der Waals surface area contributed by atoms with Gasteiger partial charge in [0.15, 0.2) is 0 Å². The highest BCUT2D eigenvalue weighted by molar-refractivity contribution is 7.92. The quantitative estimate of drug-likeness (QED) is 0.750. The van der Waals surface area contributed by atoms with Crippen molar-refractivity contribution in [3.63, 3.8) is 0 Å². The zero-order valence-corrected chi connectivity index (χ0v) is 15.7. The first-order valence-corrected chi connectivity index (χ1v) is 10.4. The van der Waals surface area contributed by atoms with E-state index in [1.165, 1.54) is 9.71 Å². The van der Waals surface area contributed by atoms with Gasteiger partial charge < -0.3 is 0 Å². The van der Waals surface area contributed by atoms with Crippen molar-refractivity contribution in [2.45, 2.75) is 12.8 Å². The number of para-hydroxylation sites is 1. The van der Waals surface area contributed by atoms with E-state index in [0.29, 0.717) is 25.9 Å². The molecule has 0 bridgehead atoms. The van der Waals surface area contributed by atoms with E-state index in [4.69, 9.17) is 0 Å². The molecule has 2 N–H and O–H groups in total. The maximum Gasteiger partial charge on any atom is 0.241 e. The lowest BCUT2D eigenvalue weighted by atomic mass is 9.98. The number of hydrogen-bond donors (Lipinski definition) is 2. The summed E-state index contributed by atoms with van der Waals surface area (Å²) in [5.41, 5.74) is 7.22. The minimum atomic E-state index is -3.48. The normalized spacial score (nSPS) is 16.3. The monoisotopic (exact) mass is 385 g/mol. The maximum atomic E-state index is 12.5. The number of hydrazine groups is 1. The van der Waals surface area contributed by atoms with Gasteiger partial charge in [-0.15, -0.1) is 0 Å². The lowest BCUT2D eigenvalue weighted by Gasteiger charge is -2.29. The Kier molecular flexibility index (Phi) is 6.26. The van der Waals surface area contributed by atoms with Crippen molar-refractivity contribution < 1.29 is 13.2 Å². The first kappa shape index (κ1) is 19.1. The number of piperidine rings is 1. The van der Waals surface area contributed by atoms with Gasteiger partial charge in [0.2, 0.25) is 15.9 Å². The molecule has 0 unspecified atom stereocenters. The molecule has 1 heterocycles. The van der Waals surface area contributed by atoms with E-state index >= 15 is 0 Å². The van der Waals surface area contributed by atoms with Crippen molar-refractivity contribution in [1.82, 2.24) is 9.73 Å². The van der Waals surface area contributed by atoms with Crippen molar-refractivity contribution in [3.8, 4) is 0 Å². The molecule has 0 aromatic heterocycles. The first-order chi connectivity index (χ1) is 13.0. The SMILES string of the molecule is O=C(NNc1ccccc1)C1CCN(S(=O)(=O)C=Cc2ccccc2)CC1. The second-order valence-corrected chi connectivity index (χ2v) is 8.23. The number of benzene rings is 2. The summed E-state index contributed by atoms with van der Waals surface area (Å²) in [6.45, 7) is 0.676. The second kappa shape index (κ2) is 8.83. The summed E-state index contributed by atoms with van der Waals surface area (Å²) in [6, 6.07) is 18.7. The van der Waals surface area contributed by atoms with Crippen LogP contribution in [0, 0.1) is 5.92 Å². The van der Waals surface area contributed by atoms with Crippen LogP contribution in [0.1, 0.15) is 18.4 Å². The lowest BCUT2D eigenvalue weighted by Crippen LogP contribution is -2.43. The highest BCUT2D eigenvalue weighted by Gasteiger charge is 2.29. The Morgan fingerprint density at radius 1 is 0.963 bits per heavy atom. The topological polar surface area (TPSA) is 78.5 Å². The molecule has 2 aromatic carbocycles. The Bertz CT molecular complexity index is 875. The van der Waals surface area contributed by atoms with Crippen molar-refractivity contribution in [1.29, 1.82) is 0 Å². The molecular weight excluding hydrogens is 362 g/mol. The van der Waals surface area contributed by atoms with Gasteiger partial charge in [0, 0.05) is 24.4 Å². The summed E-state index contributed by atoms with van der Waals surface area (Å²) in [4.78, 5) is 12.3. The zero-order valence-electron chi connectivity index (χ0n) is 14.9. The van der Waals surface area contributed by atoms with E-state index in [1.54, 1.807) is 6.08 Å². The largest absolute Gasteiger partial charge is 0.299 e. The molecule has 0 radical (unpaired) electrons. The van der Waals surface area contributed by atoms with Gasteiger partial charge in [-0.05, 0) is 36.6 Å². The van der Waals surface area contributed by atoms with Crippen LogP contribution in [0.4, 0.5) is 5.69 Å². The molecule has 0 aliphatic carbocycles. The van der Waals surface area contributed by atoms with E-state index in [1.807, 2.05) is 60.7 Å². The Balaban J connectivity index is 1.50. The van der Waals surface area contributed by atoms with Crippen molar-refractivity contribution >= 4 is 27.7 Å². The van der Waals surface area contributed by atoms with Gasteiger partial charge in [0.1, 0.15) is 0 Å². The van der Waals surface area contributed by atoms with Crippen LogP contribution in [-0.2, 0) is 14.8 Å². The molecule has 1 aliphatic heterocycles. The van der Waals surface area contributed by atoms with E-state index in [-0.39, 0.29) is 11.8 Å². The molecule has 27 heavy (non-hydrogen) atoms. The highest BCUT2D eigenvalue weighted by atomic mass is 32.2. The third-order valence-corrected chi connectivity index (χ3v) is 6.09. The number of nitrogens with zero attached hydrogens (tertiary/aromatic N) is 1. The molecule has 6 nitrogen and oxygen atoms in total. The minimum Gasteiger partial charge on any atom is -0.299 e. The average molecular weight is 385 g/mol. The van der Waals surface area contributed by atoms with Crippen LogP contribution >= 0.6 is 0 Å². The predicted octanol–water partition coefficient (Wildman–Crippen LogP) is 2.84. The van der Waals surface area contributed by atoms with Gasteiger partial charge in [-0.3, -0.25) is 15.6 Å². The summed E-state index contributed by atoms with van der Waals surface area (Å²) >= 11 is 0. The Labute approximate surface area is 159 Å². The number of hydrogen-bond acceptors (Lipinski definition) is 4. The van der Waals surface area contributed by atoms with E-state index < -0.39 is 10.0 Å². The van der Waals surface area contributed by atoms with Crippen LogP contribution in [0.3, 0.4) is 0 Å². The molecule has 0 saturated carbocycles. The maximum absolute atomic E-state index is 12.5. The van der Waals surface area contributed by atoms with Crippen LogP contribution in [0.2, 0.25) is 0 Å². The van der Waals surface area contributed by atoms with E-state index in [2.05, 4.69) is 10.9 Å². The molecule has 0 spiro atoms. The summed E-state index contributed by atoms with van der Waals surface area (Å²) in [6.07, 6.45) is 2.60. The number of sulfonamides is 1. The van der Waals surface area contributed by atoms with Crippen LogP contribution < -0.4 is 10.9 Å². The lowest BCUT2D eigenvalue weighted by molar-refractivity contribution is -0.125. The first-order valence-electron chi connectivity index (χ1n) is 8.89. The van der Waals surface area contributed by atoms with E-state index in [9.17, 15) is 13.2 Å². The molecule has 1 amide bonds. The molecule has 1 aliphatic rings. The van der Waals surface area contributed by atoms with Crippen LogP contribution in [0.15, 0.2) is 66.1 Å².